The van der Waals surface area contributed by atoms with Crippen LogP contribution in [-0.4, -0.2) is 17.2 Å². The molecule has 0 saturated heterocycles. The minimum absolute atomic E-state index is 0.0152. The van der Waals surface area contributed by atoms with Gasteiger partial charge in [-0.15, -0.1) is 8.78 Å². The number of fused-ring (bicyclic) bond motifs is 1. The zero-order valence-corrected chi connectivity index (χ0v) is 10.3. The van der Waals surface area contributed by atoms with Gasteiger partial charge in [-0.05, 0) is 17.7 Å². The van der Waals surface area contributed by atoms with Crippen molar-refractivity contribution < 1.29 is 23.0 Å². The molecule has 0 N–H and O–H groups in total. The summed E-state index contributed by atoms with van der Waals surface area (Å²) in [5, 5.41) is 0.0324. The smallest absolute Gasteiger partial charge is 0.395 e. The molecular formula is C12H10F2O3S. The number of carbonyl (C=O) groups is 1. The van der Waals surface area contributed by atoms with Crippen LogP contribution in [-0.2, 0) is 4.79 Å². The molecule has 18 heavy (non-hydrogen) atoms. The fourth-order valence-electron chi connectivity index (χ4n) is 1.42. The summed E-state index contributed by atoms with van der Waals surface area (Å²) in [5.74, 6) is 0.580. The molecule has 3 nitrogen and oxygen atoms in total. The average molecular weight is 272 g/mol. The van der Waals surface area contributed by atoms with Crippen molar-refractivity contribution in [3.63, 3.8) is 0 Å². The zero-order valence-electron chi connectivity index (χ0n) is 9.48. The van der Waals surface area contributed by atoms with E-state index in [4.69, 9.17) is 0 Å². The minimum Gasteiger partial charge on any atom is -0.395 e. The molecule has 0 unspecified atom stereocenters. The van der Waals surface area contributed by atoms with Gasteiger partial charge in [-0.1, -0.05) is 30.0 Å². The molecule has 1 heterocycles. The van der Waals surface area contributed by atoms with E-state index in [-0.39, 0.29) is 16.6 Å². The molecule has 0 amide bonds. The van der Waals surface area contributed by atoms with Gasteiger partial charge in [-0.3, -0.25) is 4.79 Å². The van der Waals surface area contributed by atoms with Crippen LogP contribution in [0.25, 0.3) is 6.08 Å². The number of hydrogen-bond acceptors (Lipinski definition) is 4. The molecule has 96 valence electrons. The third-order valence-corrected chi connectivity index (χ3v) is 2.88. The van der Waals surface area contributed by atoms with E-state index in [1.807, 2.05) is 0 Å². The van der Waals surface area contributed by atoms with Gasteiger partial charge in [-0.2, -0.15) is 0 Å². The molecule has 0 saturated carbocycles. The van der Waals surface area contributed by atoms with Crippen LogP contribution in [0.1, 0.15) is 12.5 Å². The summed E-state index contributed by atoms with van der Waals surface area (Å²) in [4.78, 5) is 10.7. The number of ether oxygens (including phenoxy) is 2. The third kappa shape index (κ3) is 3.22. The molecule has 0 spiro atoms. The number of thioether (sulfide) groups is 1. The summed E-state index contributed by atoms with van der Waals surface area (Å²) < 4.78 is 34.1. The molecule has 0 bridgehead atoms. The van der Waals surface area contributed by atoms with Crippen molar-refractivity contribution in [2.24, 2.45) is 0 Å². The predicted molar refractivity (Wildman–Crippen MR) is 64.8 cm³/mol. The maximum Gasteiger partial charge on any atom is 0.586 e. The fourth-order valence-corrected chi connectivity index (χ4v) is 1.85. The molecule has 6 heteroatoms. The summed E-state index contributed by atoms with van der Waals surface area (Å²) in [5.41, 5.74) is 0.708. The normalized spacial score (nSPS) is 16.2. The van der Waals surface area contributed by atoms with Crippen LogP contribution < -0.4 is 9.47 Å². The Morgan fingerprint density at radius 2 is 2.11 bits per heavy atom. The second kappa shape index (κ2) is 4.97. The SMILES string of the molecule is CC(=O)SCC=Cc1ccc2c(c1)OC(F)(F)O2. The van der Waals surface area contributed by atoms with E-state index in [9.17, 15) is 13.6 Å². The van der Waals surface area contributed by atoms with Gasteiger partial charge in [0.05, 0.1) is 0 Å². The van der Waals surface area contributed by atoms with Crippen molar-refractivity contribution in [1.29, 1.82) is 0 Å². The second-order valence-corrected chi connectivity index (χ2v) is 4.78. The van der Waals surface area contributed by atoms with Crippen LogP contribution in [0.15, 0.2) is 24.3 Å². The first-order chi connectivity index (χ1) is 8.46. The Labute approximate surface area is 107 Å². The molecule has 2 rings (SSSR count). The molecular weight excluding hydrogens is 262 g/mol. The lowest BCUT2D eigenvalue weighted by Crippen LogP contribution is -2.25. The first kappa shape index (κ1) is 12.9. The second-order valence-electron chi connectivity index (χ2n) is 3.58. The Morgan fingerprint density at radius 1 is 1.39 bits per heavy atom. The Bertz CT molecular complexity index is 500. The highest BCUT2D eigenvalue weighted by molar-refractivity contribution is 8.13. The van der Waals surface area contributed by atoms with Crippen LogP contribution in [0.4, 0.5) is 8.78 Å². The van der Waals surface area contributed by atoms with E-state index in [0.717, 1.165) is 0 Å². The maximum atomic E-state index is 12.8. The monoisotopic (exact) mass is 272 g/mol. The lowest BCUT2D eigenvalue weighted by atomic mass is 10.2. The van der Waals surface area contributed by atoms with Crippen molar-refractivity contribution in [1.82, 2.24) is 0 Å². The van der Waals surface area contributed by atoms with Gasteiger partial charge in [0.15, 0.2) is 16.6 Å². The van der Waals surface area contributed by atoms with Gasteiger partial charge in [0.2, 0.25) is 0 Å². The van der Waals surface area contributed by atoms with Crippen LogP contribution in [0, 0.1) is 0 Å². The standard InChI is InChI=1S/C12H10F2O3S/c1-8(15)18-6-2-3-9-4-5-10-11(7-9)17-12(13,14)16-10/h2-5,7H,6H2,1H3. The van der Waals surface area contributed by atoms with Gasteiger partial charge < -0.3 is 9.47 Å². The van der Waals surface area contributed by atoms with Gasteiger partial charge in [0, 0.05) is 12.7 Å². The number of rotatable bonds is 3. The minimum atomic E-state index is -3.59. The van der Waals surface area contributed by atoms with Gasteiger partial charge in [-0.25, -0.2) is 0 Å². The number of benzene rings is 1. The quantitative estimate of drug-likeness (QED) is 0.845. The summed E-state index contributed by atoms with van der Waals surface area (Å²) in [7, 11) is 0. The lowest BCUT2D eigenvalue weighted by Gasteiger charge is -2.04. The van der Waals surface area contributed by atoms with E-state index in [0.29, 0.717) is 11.3 Å². The maximum absolute atomic E-state index is 12.8. The van der Waals surface area contributed by atoms with Gasteiger partial charge in [0.1, 0.15) is 0 Å². The molecule has 0 aliphatic carbocycles. The molecule has 0 atom stereocenters. The Kier molecular flexibility index (Phi) is 3.56. The largest absolute Gasteiger partial charge is 0.586 e. The molecule has 0 aromatic heterocycles. The van der Waals surface area contributed by atoms with E-state index in [2.05, 4.69) is 9.47 Å². The summed E-state index contributed by atoms with van der Waals surface area (Å²) in [6.07, 6.45) is -0.0764. The van der Waals surface area contributed by atoms with Crippen molar-refractivity contribution in [2.75, 3.05) is 5.75 Å². The zero-order chi connectivity index (χ0) is 13.2. The first-order valence-electron chi connectivity index (χ1n) is 5.16. The number of halogens is 2. The molecule has 1 aliphatic rings. The van der Waals surface area contributed by atoms with Crippen LogP contribution in [0.5, 0.6) is 11.5 Å². The van der Waals surface area contributed by atoms with E-state index >= 15 is 0 Å². The van der Waals surface area contributed by atoms with Crippen molar-refractivity contribution in [3.8, 4) is 11.5 Å². The topological polar surface area (TPSA) is 35.5 Å². The Morgan fingerprint density at radius 3 is 2.83 bits per heavy atom. The highest BCUT2D eigenvalue weighted by atomic mass is 32.2. The molecule has 1 aromatic rings. The van der Waals surface area contributed by atoms with Crippen molar-refractivity contribution in [3.05, 3.63) is 29.8 Å². The first-order valence-corrected chi connectivity index (χ1v) is 6.15. The predicted octanol–water partition coefficient (Wildman–Crippen LogP) is 3.30. The van der Waals surface area contributed by atoms with Gasteiger partial charge in [0.25, 0.3) is 0 Å². The number of alkyl halides is 2. The summed E-state index contributed by atoms with van der Waals surface area (Å²) in [6.45, 7) is 1.49. The lowest BCUT2D eigenvalue weighted by molar-refractivity contribution is -0.286. The number of hydrogen-bond donors (Lipinski definition) is 0. The summed E-state index contributed by atoms with van der Waals surface area (Å²) >= 11 is 1.17. The van der Waals surface area contributed by atoms with Crippen LogP contribution >= 0.6 is 11.8 Å². The fraction of sp³-hybridized carbons (Fsp3) is 0.250. The molecule has 0 fully saturated rings. The highest BCUT2D eigenvalue weighted by Crippen LogP contribution is 2.41. The molecule has 1 aliphatic heterocycles. The van der Waals surface area contributed by atoms with Crippen molar-refractivity contribution in [2.45, 2.75) is 13.2 Å². The van der Waals surface area contributed by atoms with E-state index < -0.39 is 6.29 Å². The van der Waals surface area contributed by atoms with Gasteiger partial charge >= 0.3 is 6.29 Å². The highest BCUT2D eigenvalue weighted by Gasteiger charge is 2.43. The molecule has 1 aromatic carbocycles. The number of carbonyl (C=O) groups excluding carboxylic acids is 1. The Balaban J connectivity index is 2.03. The van der Waals surface area contributed by atoms with E-state index in [1.165, 1.54) is 30.8 Å². The summed E-state index contributed by atoms with van der Waals surface area (Å²) in [6, 6.07) is 4.53. The Hall–Kier alpha value is -1.56. The average Bonchev–Trinajstić information content (AvgIpc) is 2.57. The van der Waals surface area contributed by atoms with Crippen LogP contribution in [0.3, 0.4) is 0 Å². The molecule has 0 radical (unpaired) electrons. The van der Waals surface area contributed by atoms with Crippen molar-refractivity contribution >= 4 is 23.0 Å². The van der Waals surface area contributed by atoms with Crippen LogP contribution in [0.2, 0.25) is 0 Å². The third-order valence-electron chi connectivity index (χ3n) is 2.12. The van der Waals surface area contributed by atoms with E-state index in [1.54, 1.807) is 18.2 Å².